The molecule has 1 aromatic heterocycles. The molecule has 0 radical (unpaired) electrons. The lowest BCUT2D eigenvalue weighted by Crippen LogP contribution is -2.21. The summed E-state index contributed by atoms with van der Waals surface area (Å²) < 4.78 is 14.3. The average molecular weight is 284 g/mol. The number of aromatic hydroxyl groups is 1. The van der Waals surface area contributed by atoms with Crippen molar-refractivity contribution in [3.05, 3.63) is 51.2 Å². The van der Waals surface area contributed by atoms with E-state index in [-0.39, 0.29) is 11.6 Å². The van der Waals surface area contributed by atoms with Gasteiger partial charge in [0.1, 0.15) is 5.02 Å². The highest BCUT2D eigenvalue weighted by Gasteiger charge is 2.07. The van der Waals surface area contributed by atoms with Gasteiger partial charge in [0.05, 0.1) is 11.9 Å². The van der Waals surface area contributed by atoms with E-state index in [1.54, 1.807) is 6.07 Å². The van der Waals surface area contributed by atoms with Crippen molar-refractivity contribution >= 4 is 17.3 Å². The number of anilines is 1. The summed E-state index contributed by atoms with van der Waals surface area (Å²) in [7, 11) is 1.49. The number of phenolic OH excluding ortho intramolecular Hbond substituents is 1. The number of nitrogens with one attached hydrogen (secondary N) is 1. The summed E-state index contributed by atoms with van der Waals surface area (Å²) in [6.07, 6.45) is 1.42. The van der Waals surface area contributed by atoms with Gasteiger partial charge in [-0.1, -0.05) is 17.7 Å². The Bertz CT molecular complexity index is 673. The largest absolute Gasteiger partial charge is 0.505 e. The molecule has 1 aromatic carbocycles. The first kappa shape index (κ1) is 13.4. The van der Waals surface area contributed by atoms with Gasteiger partial charge in [-0.3, -0.25) is 4.79 Å². The molecule has 0 aliphatic heterocycles. The van der Waals surface area contributed by atoms with Gasteiger partial charge in [0.2, 0.25) is 0 Å². The van der Waals surface area contributed by atoms with Gasteiger partial charge < -0.3 is 10.4 Å². The third kappa shape index (κ3) is 2.85. The number of hydrogen-bond donors (Lipinski definition) is 2. The van der Waals surface area contributed by atoms with Gasteiger partial charge in [0.15, 0.2) is 11.6 Å². The van der Waals surface area contributed by atoms with Crippen LogP contribution in [-0.4, -0.2) is 14.9 Å². The first-order valence-electron chi connectivity index (χ1n) is 5.42. The fraction of sp³-hybridized carbons (Fsp3) is 0.167. The minimum atomic E-state index is -0.701. The third-order valence-corrected chi connectivity index (χ3v) is 2.94. The minimum Gasteiger partial charge on any atom is -0.505 e. The Balaban J connectivity index is 2.17. The van der Waals surface area contributed by atoms with Crippen molar-refractivity contribution in [3.63, 3.8) is 0 Å². The molecule has 0 saturated heterocycles. The highest BCUT2D eigenvalue weighted by molar-refractivity contribution is 6.32. The highest BCUT2D eigenvalue weighted by atomic mass is 35.5. The lowest BCUT2D eigenvalue weighted by atomic mass is 10.2. The Morgan fingerprint density at radius 3 is 2.95 bits per heavy atom. The van der Waals surface area contributed by atoms with Gasteiger partial charge >= 0.3 is 0 Å². The number of aromatic nitrogens is 2. The molecule has 0 fully saturated rings. The summed E-state index contributed by atoms with van der Waals surface area (Å²) in [6, 6.07) is 4.02. The number of halogens is 2. The zero-order chi connectivity index (χ0) is 14.0. The third-order valence-electron chi connectivity index (χ3n) is 2.57. The van der Waals surface area contributed by atoms with Crippen LogP contribution in [0.5, 0.6) is 5.75 Å². The Labute approximate surface area is 113 Å². The monoisotopic (exact) mass is 283 g/mol. The molecule has 5 nitrogen and oxygen atoms in total. The van der Waals surface area contributed by atoms with Crippen molar-refractivity contribution in [3.8, 4) is 5.75 Å². The van der Waals surface area contributed by atoms with Crippen LogP contribution in [0.25, 0.3) is 0 Å². The van der Waals surface area contributed by atoms with Gasteiger partial charge in [0.25, 0.3) is 5.56 Å². The second-order valence-corrected chi connectivity index (χ2v) is 4.32. The Morgan fingerprint density at radius 1 is 1.53 bits per heavy atom. The molecule has 0 amide bonds. The zero-order valence-electron chi connectivity index (χ0n) is 10.0. The Morgan fingerprint density at radius 2 is 2.26 bits per heavy atom. The smallest absolute Gasteiger partial charge is 0.287 e. The van der Waals surface area contributed by atoms with Gasteiger partial charge in [-0.2, -0.15) is 5.10 Å². The Kier molecular flexibility index (Phi) is 3.71. The standard InChI is InChI=1S/C12H11ClFN3O2/c1-17-12(19)11(13)9(6-16-17)15-5-7-2-3-10(18)8(14)4-7/h2-4,6,15,18H,5H2,1H3. The zero-order valence-corrected chi connectivity index (χ0v) is 10.8. The van der Waals surface area contributed by atoms with Gasteiger partial charge in [-0.25, -0.2) is 9.07 Å². The molecular weight excluding hydrogens is 273 g/mol. The molecule has 0 bridgehead atoms. The molecule has 7 heteroatoms. The number of phenols is 1. The number of rotatable bonds is 3. The molecule has 100 valence electrons. The van der Waals surface area contributed by atoms with E-state index in [1.807, 2.05) is 0 Å². The predicted octanol–water partition coefficient (Wildman–Crippen LogP) is 1.89. The molecule has 2 N–H and O–H groups in total. The highest BCUT2D eigenvalue weighted by Crippen LogP contribution is 2.19. The number of aryl methyl sites for hydroxylation is 1. The van der Waals surface area contributed by atoms with E-state index < -0.39 is 17.1 Å². The molecule has 0 aliphatic rings. The summed E-state index contributed by atoms with van der Waals surface area (Å²) in [5.41, 5.74) is 0.564. The first-order valence-corrected chi connectivity index (χ1v) is 5.80. The van der Waals surface area contributed by atoms with E-state index in [1.165, 1.54) is 25.4 Å². The van der Waals surface area contributed by atoms with Gasteiger partial charge in [-0.15, -0.1) is 0 Å². The van der Waals surface area contributed by atoms with Crippen molar-refractivity contribution < 1.29 is 9.50 Å². The summed E-state index contributed by atoms with van der Waals surface area (Å²) in [5, 5.41) is 15.8. The van der Waals surface area contributed by atoms with Crippen LogP contribution in [0.4, 0.5) is 10.1 Å². The van der Waals surface area contributed by atoms with Crippen molar-refractivity contribution in [2.75, 3.05) is 5.32 Å². The maximum absolute atomic E-state index is 13.1. The second-order valence-electron chi connectivity index (χ2n) is 3.94. The van der Waals surface area contributed by atoms with Crippen molar-refractivity contribution in [1.29, 1.82) is 0 Å². The molecular formula is C12H11ClFN3O2. The average Bonchev–Trinajstić information content (AvgIpc) is 2.39. The molecule has 19 heavy (non-hydrogen) atoms. The van der Waals surface area contributed by atoms with Gasteiger partial charge in [0, 0.05) is 13.6 Å². The molecule has 0 unspecified atom stereocenters. The van der Waals surface area contributed by atoms with Crippen LogP contribution < -0.4 is 10.9 Å². The molecule has 0 atom stereocenters. The lowest BCUT2D eigenvalue weighted by molar-refractivity contribution is 0.432. The fourth-order valence-corrected chi connectivity index (χ4v) is 1.73. The van der Waals surface area contributed by atoms with Crippen molar-refractivity contribution in [2.24, 2.45) is 7.05 Å². The van der Waals surface area contributed by atoms with E-state index in [2.05, 4.69) is 10.4 Å². The second kappa shape index (κ2) is 5.27. The molecule has 0 aliphatic carbocycles. The topological polar surface area (TPSA) is 67.2 Å². The van der Waals surface area contributed by atoms with Crippen LogP contribution in [0.3, 0.4) is 0 Å². The Hall–Kier alpha value is -2.08. The molecule has 1 heterocycles. The summed E-state index contributed by atoms with van der Waals surface area (Å²) >= 11 is 5.87. The summed E-state index contributed by atoms with van der Waals surface area (Å²) in [5.74, 6) is -1.11. The van der Waals surface area contributed by atoms with Crippen LogP contribution >= 0.6 is 11.6 Å². The number of nitrogens with zero attached hydrogens (tertiary/aromatic N) is 2. The van der Waals surface area contributed by atoms with E-state index in [0.717, 1.165) is 4.68 Å². The van der Waals surface area contributed by atoms with E-state index >= 15 is 0 Å². The van der Waals surface area contributed by atoms with Crippen molar-refractivity contribution in [2.45, 2.75) is 6.54 Å². The molecule has 0 spiro atoms. The van der Waals surface area contributed by atoms with Crippen molar-refractivity contribution in [1.82, 2.24) is 9.78 Å². The van der Waals surface area contributed by atoms with Gasteiger partial charge in [-0.05, 0) is 17.7 Å². The fourth-order valence-electron chi connectivity index (χ4n) is 1.49. The van der Waals surface area contributed by atoms with Crippen LogP contribution in [0, 0.1) is 5.82 Å². The number of hydrogen-bond acceptors (Lipinski definition) is 4. The first-order chi connectivity index (χ1) is 8.99. The van der Waals surface area contributed by atoms with Crippen LogP contribution in [0.1, 0.15) is 5.56 Å². The SMILES string of the molecule is Cn1ncc(NCc2ccc(O)c(F)c2)c(Cl)c1=O. The molecule has 0 saturated carbocycles. The minimum absolute atomic E-state index is 0.0248. The van der Waals surface area contributed by atoms with Crippen LogP contribution in [0.2, 0.25) is 5.02 Å². The summed E-state index contributed by atoms with van der Waals surface area (Å²) in [4.78, 5) is 11.5. The summed E-state index contributed by atoms with van der Waals surface area (Å²) in [6.45, 7) is 0.256. The molecule has 2 aromatic rings. The van der Waals surface area contributed by atoms with Crippen LogP contribution in [-0.2, 0) is 13.6 Å². The maximum atomic E-state index is 13.1. The predicted molar refractivity (Wildman–Crippen MR) is 69.9 cm³/mol. The van der Waals surface area contributed by atoms with E-state index in [9.17, 15) is 9.18 Å². The van der Waals surface area contributed by atoms with E-state index in [0.29, 0.717) is 11.3 Å². The quantitative estimate of drug-likeness (QED) is 0.903. The molecule has 2 rings (SSSR count). The normalized spacial score (nSPS) is 10.5. The van der Waals surface area contributed by atoms with Crippen LogP contribution in [0.15, 0.2) is 29.2 Å². The lowest BCUT2D eigenvalue weighted by Gasteiger charge is -2.08. The maximum Gasteiger partial charge on any atom is 0.287 e. The number of benzene rings is 1. The van der Waals surface area contributed by atoms with E-state index in [4.69, 9.17) is 16.7 Å².